The highest BCUT2D eigenvalue weighted by atomic mass is 32.2. The molecule has 1 aromatic heterocycles. The van der Waals surface area contributed by atoms with Crippen LogP contribution in [-0.4, -0.2) is 37.4 Å². The fraction of sp³-hybridized carbons (Fsp3) is 0.348. The Morgan fingerprint density at radius 1 is 1.00 bits per heavy atom. The Hall–Kier alpha value is -2.74. The van der Waals surface area contributed by atoms with Gasteiger partial charge in [0.05, 0.1) is 11.3 Å². The molecule has 2 saturated carbocycles. The second-order valence-electron chi connectivity index (χ2n) is 8.02. The highest BCUT2D eigenvalue weighted by Crippen LogP contribution is 2.41. The summed E-state index contributed by atoms with van der Waals surface area (Å²) in [6, 6.07) is 13.5. The van der Waals surface area contributed by atoms with E-state index in [-0.39, 0.29) is 41.9 Å². The zero-order valence-electron chi connectivity index (χ0n) is 16.9. The van der Waals surface area contributed by atoms with E-state index < -0.39 is 0 Å². The molecule has 0 bridgehead atoms. The van der Waals surface area contributed by atoms with Crippen molar-refractivity contribution in [2.45, 2.75) is 49.5 Å². The van der Waals surface area contributed by atoms with Crippen molar-refractivity contribution in [3.05, 3.63) is 65.7 Å². The first kappa shape index (κ1) is 20.2. The molecular weight excluding hydrogens is 418 g/mol. The average Bonchev–Trinajstić information content (AvgIpc) is 3.70. The van der Waals surface area contributed by atoms with Crippen molar-refractivity contribution in [2.75, 3.05) is 5.75 Å². The van der Waals surface area contributed by atoms with Gasteiger partial charge in [0.2, 0.25) is 5.91 Å². The molecule has 2 aromatic carbocycles. The molecule has 0 unspecified atom stereocenters. The van der Waals surface area contributed by atoms with Crippen LogP contribution < -0.4 is 0 Å². The molecule has 1 heterocycles. The second kappa shape index (κ2) is 8.42. The molecule has 0 saturated heterocycles. The van der Waals surface area contributed by atoms with Gasteiger partial charge in [0, 0.05) is 24.2 Å². The van der Waals surface area contributed by atoms with Crippen molar-refractivity contribution in [1.82, 2.24) is 19.7 Å². The Morgan fingerprint density at radius 2 is 1.71 bits per heavy atom. The minimum absolute atomic E-state index is 0.0476. The van der Waals surface area contributed by atoms with Gasteiger partial charge in [0.15, 0.2) is 11.0 Å². The number of carbonyl (C=O) groups excluding carboxylic acids is 1. The lowest BCUT2D eigenvalue weighted by atomic mass is 10.2. The van der Waals surface area contributed by atoms with Crippen LogP contribution in [0.15, 0.2) is 53.7 Å². The number of thioether (sulfide) groups is 1. The third-order valence-corrected chi connectivity index (χ3v) is 6.55. The molecule has 2 aliphatic rings. The van der Waals surface area contributed by atoms with E-state index in [2.05, 4.69) is 10.2 Å². The van der Waals surface area contributed by atoms with E-state index in [9.17, 15) is 13.6 Å². The predicted octanol–water partition coefficient (Wildman–Crippen LogP) is 4.84. The van der Waals surface area contributed by atoms with Crippen LogP contribution in [0, 0.1) is 11.6 Å². The number of amides is 1. The topological polar surface area (TPSA) is 51.0 Å². The van der Waals surface area contributed by atoms with E-state index in [1.165, 1.54) is 23.9 Å². The zero-order valence-corrected chi connectivity index (χ0v) is 17.7. The maximum absolute atomic E-state index is 14.3. The average molecular weight is 441 g/mol. The first-order valence-corrected chi connectivity index (χ1v) is 11.5. The second-order valence-corrected chi connectivity index (χ2v) is 8.96. The molecule has 0 radical (unpaired) electrons. The Balaban J connectivity index is 1.33. The van der Waals surface area contributed by atoms with Gasteiger partial charge in [-0.2, -0.15) is 0 Å². The first-order valence-electron chi connectivity index (χ1n) is 10.5. The smallest absolute Gasteiger partial charge is 0.233 e. The third-order valence-electron chi connectivity index (χ3n) is 5.62. The fourth-order valence-corrected chi connectivity index (χ4v) is 4.58. The molecule has 2 aliphatic carbocycles. The number of carbonyl (C=O) groups is 1. The van der Waals surface area contributed by atoms with Crippen molar-refractivity contribution < 1.29 is 13.6 Å². The van der Waals surface area contributed by atoms with Gasteiger partial charge in [-0.15, -0.1) is 10.2 Å². The summed E-state index contributed by atoms with van der Waals surface area (Å²) < 4.78 is 30.4. The Kier molecular flexibility index (Phi) is 5.48. The number of rotatable bonds is 8. The van der Waals surface area contributed by atoms with E-state index in [0.29, 0.717) is 22.1 Å². The lowest BCUT2D eigenvalue weighted by Gasteiger charge is -2.22. The SMILES string of the molecule is O=C(CSc1nnc(-c2ccccc2F)n1C1CC1)N(Cc1ccccc1F)C1CC1. The molecule has 8 heteroatoms. The summed E-state index contributed by atoms with van der Waals surface area (Å²) in [6.45, 7) is 0.270. The van der Waals surface area contributed by atoms with Crippen molar-refractivity contribution in [3.63, 3.8) is 0 Å². The Labute approximate surface area is 183 Å². The normalized spacial score (nSPS) is 15.8. The standard InChI is InChI=1S/C23H22F2N4OS/c24-19-7-3-1-5-15(19)13-28(16-9-10-16)21(30)14-31-23-27-26-22(29(23)17-11-12-17)18-6-2-4-8-20(18)25/h1-8,16-17H,9-14H2. The van der Waals surface area contributed by atoms with E-state index in [4.69, 9.17) is 0 Å². The highest BCUT2D eigenvalue weighted by molar-refractivity contribution is 7.99. The van der Waals surface area contributed by atoms with Gasteiger partial charge in [0.1, 0.15) is 11.6 Å². The molecule has 5 nitrogen and oxygen atoms in total. The Bertz CT molecular complexity index is 1110. The van der Waals surface area contributed by atoms with E-state index in [0.717, 1.165) is 25.7 Å². The van der Waals surface area contributed by atoms with Crippen LogP contribution in [0.3, 0.4) is 0 Å². The number of halogens is 2. The van der Waals surface area contributed by atoms with Crippen LogP contribution >= 0.6 is 11.8 Å². The quantitative estimate of drug-likeness (QED) is 0.470. The summed E-state index contributed by atoms with van der Waals surface area (Å²) in [4.78, 5) is 14.8. The van der Waals surface area contributed by atoms with Crippen LogP contribution in [-0.2, 0) is 11.3 Å². The lowest BCUT2D eigenvalue weighted by molar-refractivity contribution is -0.129. The number of hydrogen-bond acceptors (Lipinski definition) is 4. The van der Waals surface area contributed by atoms with Crippen LogP contribution in [0.2, 0.25) is 0 Å². The van der Waals surface area contributed by atoms with Crippen molar-refractivity contribution >= 4 is 17.7 Å². The molecule has 0 aliphatic heterocycles. The predicted molar refractivity (Wildman–Crippen MR) is 114 cm³/mol. The van der Waals surface area contributed by atoms with Crippen LogP contribution in [0.5, 0.6) is 0 Å². The maximum atomic E-state index is 14.3. The summed E-state index contributed by atoms with van der Waals surface area (Å²) in [5.74, 6) is 0.00733. The molecule has 5 rings (SSSR count). The molecule has 160 valence electrons. The zero-order chi connectivity index (χ0) is 21.4. The van der Waals surface area contributed by atoms with Gasteiger partial charge in [-0.05, 0) is 43.9 Å². The van der Waals surface area contributed by atoms with Crippen molar-refractivity contribution in [1.29, 1.82) is 0 Å². The van der Waals surface area contributed by atoms with Crippen LogP contribution in [0.25, 0.3) is 11.4 Å². The molecule has 3 aromatic rings. The minimum atomic E-state index is -0.339. The lowest BCUT2D eigenvalue weighted by Crippen LogP contribution is -2.34. The monoisotopic (exact) mass is 440 g/mol. The molecule has 0 N–H and O–H groups in total. The van der Waals surface area contributed by atoms with Crippen LogP contribution in [0.4, 0.5) is 8.78 Å². The molecule has 0 atom stereocenters. The van der Waals surface area contributed by atoms with Gasteiger partial charge in [-0.1, -0.05) is 42.1 Å². The maximum Gasteiger partial charge on any atom is 0.233 e. The summed E-state index contributed by atoms with van der Waals surface area (Å²) in [5, 5.41) is 9.12. The highest BCUT2D eigenvalue weighted by Gasteiger charge is 2.34. The summed E-state index contributed by atoms with van der Waals surface area (Å²) in [6.07, 6.45) is 3.87. The van der Waals surface area contributed by atoms with Crippen molar-refractivity contribution in [2.24, 2.45) is 0 Å². The van der Waals surface area contributed by atoms with Gasteiger partial charge in [0.25, 0.3) is 0 Å². The fourth-order valence-electron chi connectivity index (χ4n) is 3.69. The largest absolute Gasteiger partial charge is 0.335 e. The van der Waals surface area contributed by atoms with E-state index >= 15 is 0 Å². The number of benzene rings is 2. The van der Waals surface area contributed by atoms with E-state index in [1.807, 2.05) is 4.57 Å². The van der Waals surface area contributed by atoms with Gasteiger partial charge < -0.3 is 4.90 Å². The molecule has 31 heavy (non-hydrogen) atoms. The summed E-state index contributed by atoms with van der Waals surface area (Å²) in [7, 11) is 0. The number of hydrogen-bond donors (Lipinski definition) is 0. The van der Waals surface area contributed by atoms with E-state index in [1.54, 1.807) is 41.3 Å². The van der Waals surface area contributed by atoms with Gasteiger partial charge in [-0.3, -0.25) is 9.36 Å². The molecule has 2 fully saturated rings. The van der Waals surface area contributed by atoms with Crippen molar-refractivity contribution in [3.8, 4) is 11.4 Å². The molecular formula is C23H22F2N4OS. The minimum Gasteiger partial charge on any atom is -0.335 e. The first-order chi connectivity index (χ1) is 15.1. The van der Waals surface area contributed by atoms with Crippen LogP contribution in [0.1, 0.15) is 37.3 Å². The number of aromatic nitrogens is 3. The molecule has 0 spiro atoms. The number of nitrogens with zero attached hydrogens (tertiary/aromatic N) is 4. The van der Waals surface area contributed by atoms with Gasteiger partial charge in [-0.25, -0.2) is 8.78 Å². The third kappa shape index (κ3) is 4.35. The van der Waals surface area contributed by atoms with Gasteiger partial charge >= 0.3 is 0 Å². The Morgan fingerprint density at radius 3 is 2.39 bits per heavy atom. The molecule has 1 amide bonds. The summed E-state index contributed by atoms with van der Waals surface area (Å²) >= 11 is 1.32. The summed E-state index contributed by atoms with van der Waals surface area (Å²) in [5.41, 5.74) is 0.940.